The molecular weight excluding hydrogens is 353 g/mol. The number of halogens is 1. The van der Waals surface area contributed by atoms with E-state index in [-0.39, 0.29) is 11.4 Å². The van der Waals surface area contributed by atoms with Crippen LogP contribution >= 0.6 is 0 Å². The van der Waals surface area contributed by atoms with Crippen molar-refractivity contribution in [1.82, 2.24) is 14.5 Å². The number of carbonyl (C=O) groups is 1. The molecule has 0 atom stereocenters. The van der Waals surface area contributed by atoms with Gasteiger partial charge < -0.3 is 25.7 Å². The maximum absolute atomic E-state index is 14.4. The molecular formula is C17H16FN7O2. The Morgan fingerprint density at radius 2 is 2.26 bits per heavy atom. The van der Waals surface area contributed by atoms with Gasteiger partial charge in [-0.3, -0.25) is 4.99 Å². The van der Waals surface area contributed by atoms with Crippen LogP contribution in [0.5, 0.6) is 11.5 Å². The molecule has 0 bridgehead atoms. The zero-order valence-electron chi connectivity index (χ0n) is 14.4. The highest BCUT2D eigenvalue weighted by atomic mass is 19.1. The van der Waals surface area contributed by atoms with E-state index < -0.39 is 11.8 Å². The van der Waals surface area contributed by atoms with Crippen LogP contribution in [0.1, 0.15) is 0 Å². The number of hydrogen-bond acceptors (Lipinski definition) is 6. The quantitative estimate of drug-likeness (QED) is 0.650. The summed E-state index contributed by atoms with van der Waals surface area (Å²) in [5.41, 5.74) is 6.42. The van der Waals surface area contributed by atoms with Gasteiger partial charge in [0, 0.05) is 43.7 Å². The van der Waals surface area contributed by atoms with Gasteiger partial charge in [-0.25, -0.2) is 14.2 Å². The highest BCUT2D eigenvalue weighted by Gasteiger charge is 2.23. The number of primary amides is 1. The van der Waals surface area contributed by atoms with E-state index in [1.165, 1.54) is 12.1 Å². The van der Waals surface area contributed by atoms with Gasteiger partial charge in [-0.1, -0.05) is 0 Å². The zero-order chi connectivity index (χ0) is 19.0. The van der Waals surface area contributed by atoms with Gasteiger partial charge in [0.1, 0.15) is 5.82 Å². The summed E-state index contributed by atoms with van der Waals surface area (Å²) in [5.74, 6) is 1.25. The molecule has 3 heterocycles. The summed E-state index contributed by atoms with van der Waals surface area (Å²) in [7, 11) is 1.63. The molecule has 0 saturated carbocycles. The third kappa shape index (κ3) is 3.12. The van der Waals surface area contributed by atoms with Gasteiger partial charge in [0.05, 0.1) is 0 Å². The van der Waals surface area contributed by atoms with Crippen molar-refractivity contribution in [2.45, 2.75) is 6.54 Å². The number of nitrogens with two attached hydrogens (primary N) is 1. The van der Waals surface area contributed by atoms with E-state index >= 15 is 0 Å². The molecule has 138 valence electrons. The predicted octanol–water partition coefficient (Wildman–Crippen LogP) is 1.76. The molecule has 27 heavy (non-hydrogen) atoms. The van der Waals surface area contributed by atoms with Gasteiger partial charge in [0.15, 0.2) is 23.1 Å². The summed E-state index contributed by atoms with van der Waals surface area (Å²) in [6.07, 6.45) is 1.65. The molecule has 10 heteroatoms. The monoisotopic (exact) mass is 369 g/mol. The van der Waals surface area contributed by atoms with Crippen molar-refractivity contribution in [1.29, 1.82) is 0 Å². The zero-order valence-corrected chi connectivity index (χ0v) is 14.4. The number of urea groups is 1. The number of pyridine rings is 1. The Morgan fingerprint density at radius 1 is 1.41 bits per heavy atom. The van der Waals surface area contributed by atoms with E-state index in [1.807, 2.05) is 4.57 Å². The minimum atomic E-state index is -0.769. The average Bonchev–Trinajstić information content (AvgIpc) is 3.13. The van der Waals surface area contributed by atoms with Crippen molar-refractivity contribution in [3.63, 3.8) is 0 Å². The first-order valence-corrected chi connectivity index (χ1v) is 8.16. The lowest BCUT2D eigenvalue weighted by molar-refractivity contribution is 0.259. The predicted molar refractivity (Wildman–Crippen MR) is 96.3 cm³/mol. The molecule has 3 aliphatic heterocycles. The molecule has 9 nitrogen and oxygen atoms in total. The molecule has 3 aliphatic rings. The molecule has 0 aromatic heterocycles. The van der Waals surface area contributed by atoms with Crippen molar-refractivity contribution >= 4 is 17.5 Å². The normalized spacial score (nSPS) is 13.3. The number of amides is 2. The first-order valence-electron chi connectivity index (χ1n) is 8.16. The van der Waals surface area contributed by atoms with Gasteiger partial charge in [0.25, 0.3) is 0 Å². The van der Waals surface area contributed by atoms with Crippen LogP contribution in [0.4, 0.5) is 20.7 Å². The molecule has 4 N–H and O–H groups in total. The number of fused-ring (bicyclic) bond motifs is 3. The molecule has 0 unspecified atom stereocenters. The Morgan fingerprint density at radius 3 is 3.00 bits per heavy atom. The first kappa shape index (κ1) is 16.8. The van der Waals surface area contributed by atoms with E-state index in [4.69, 9.17) is 10.5 Å². The van der Waals surface area contributed by atoms with Crippen LogP contribution in [0.15, 0.2) is 35.5 Å². The van der Waals surface area contributed by atoms with Crippen LogP contribution in [-0.2, 0) is 6.54 Å². The first-order chi connectivity index (χ1) is 13.0. The highest BCUT2D eigenvalue weighted by Crippen LogP contribution is 2.38. The van der Waals surface area contributed by atoms with Crippen molar-refractivity contribution in [2.75, 3.05) is 24.2 Å². The summed E-state index contributed by atoms with van der Waals surface area (Å²) in [5, 5.41) is 5.54. The van der Waals surface area contributed by atoms with Gasteiger partial charge >= 0.3 is 6.03 Å². The van der Waals surface area contributed by atoms with Crippen LogP contribution in [0.25, 0.3) is 11.4 Å². The summed E-state index contributed by atoms with van der Waals surface area (Å²) >= 11 is 0. The number of nitrogens with zero attached hydrogens (tertiary/aromatic N) is 4. The second kappa shape index (κ2) is 6.56. The molecule has 2 amide bonds. The van der Waals surface area contributed by atoms with Crippen LogP contribution in [-0.4, -0.2) is 34.2 Å². The fourth-order valence-electron chi connectivity index (χ4n) is 2.93. The standard InChI is InChI=1S/C17H16FN7O2/c1-20-17-22-8-9-6-13(15-21-4-5-25(15)14(9)24-17)27-12-3-2-10(7-11(12)18)23-16(19)26/h2-3,6-8,21H,4-5H2,1H3,(H3,19,23,26). The summed E-state index contributed by atoms with van der Waals surface area (Å²) in [6, 6.07) is 5.04. The maximum atomic E-state index is 14.4. The Balaban J connectivity index is 1.75. The lowest BCUT2D eigenvalue weighted by Crippen LogP contribution is -2.19. The maximum Gasteiger partial charge on any atom is 0.316 e. The van der Waals surface area contributed by atoms with Crippen LogP contribution in [0.3, 0.4) is 0 Å². The average molecular weight is 369 g/mol. The van der Waals surface area contributed by atoms with Crippen LogP contribution < -0.4 is 26.7 Å². The molecule has 4 rings (SSSR count). The number of benzene rings is 1. The van der Waals surface area contributed by atoms with E-state index in [2.05, 4.69) is 25.6 Å². The van der Waals surface area contributed by atoms with E-state index in [0.717, 1.165) is 17.5 Å². The van der Waals surface area contributed by atoms with E-state index in [1.54, 1.807) is 19.3 Å². The second-order valence-corrected chi connectivity index (χ2v) is 5.84. The van der Waals surface area contributed by atoms with E-state index in [9.17, 15) is 9.18 Å². The SMILES string of the molecule is CN=c1ncc2cc(Oc3ccc(NC(N)=O)cc3F)c3n(c-2n1)CCN3. The van der Waals surface area contributed by atoms with E-state index in [0.29, 0.717) is 30.3 Å². The Bertz CT molecular complexity index is 1080. The largest absolute Gasteiger partial charge is 0.450 e. The Hall–Kier alpha value is -3.69. The number of nitrogens with one attached hydrogen (secondary N) is 2. The molecule has 0 fully saturated rings. The number of ether oxygens (including phenoxy) is 1. The lowest BCUT2D eigenvalue weighted by Gasteiger charge is -2.17. The third-order valence-electron chi connectivity index (χ3n) is 4.08. The number of carbonyl (C=O) groups excluding carboxylic acids is 1. The second-order valence-electron chi connectivity index (χ2n) is 5.84. The molecule has 0 aliphatic carbocycles. The van der Waals surface area contributed by atoms with Gasteiger partial charge in [0.2, 0.25) is 5.62 Å². The van der Waals surface area contributed by atoms with Crippen molar-refractivity contribution in [3.8, 4) is 22.9 Å². The van der Waals surface area contributed by atoms with Crippen molar-refractivity contribution in [2.24, 2.45) is 10.7 Å². The summed E-state index contributed by atoms with van der Waals surface area (Å²) < 4.78 is 22.1. The highest BCUT2D eigenvalue weighted by molar-refractivity contribution is 5.87. The minimum absolute atomic E-state index is 0.0157. The third-order valence-corrected chi connectivity index (χ3v) is 4.08. The Labute approximate surface area is 153 Å². The van der Waals surface area contributed by atoms with Crippen molar-refractivity contribution < 1.29 is 13.9 Å². The molecule has 0 saturated heterocycles. The molecule has 1 aromatic carbocycles. The minimum Gasteiger partial charge on any atom is -0.450 e. The molecule has 0 radical (unpaired) electrons. The fourth-order valence-corrected chi connectivity index (χ4v) is 2.93. The summed E-state index contributed by atoms with van der Waals surface area (Å²) in [4.78, 5) is 23.5. The fraction of sp³-hybridized carbons (Fsp3) is 0.176. The number of rotatable bonds is 3. The van der Waals surface area contributed by atoms with Crippen molar-refractivity contribution in [3.05, 3.63) is 41.9 Å². The molecule has 0 spiro atoms. The number of anilines is 2. The Kier molecular flexibility index (Phi) is 4.07. The lowest BCUT2D eigenvalue weighted by atomic mass is 10.2. The van der Waals surface area contributed by atoms with Crippen LogP contribution in [0.2, 0.25) is 0 Å². The molecule has 1 aromatic rings. The number of aromatic nitrogens is 3. The summed E-state index contributed by atoms with van der Waals surface area (Å²) in [6.45, 7) is 1.38. The smallest absolute Gasteiger partial charge is 0.316 e. The topological polar surface area (TPSA) is 119 Å². The number of hydrogen-bond donors (Lipinski definition) is 3. The van der Waals surface area contributed by atoms with Gasteiger partial charge in [-0.05, 0) is 18.2 Å². The van der Waals surface area contributed by atoms with Gasteiger partial charge in [-0.2, -0.15) is 4.98 Å². The van der Waals surface area contributed by atoms with Gasteiger partial charge in [-0.15, -0.1) is 0 Å². The van der Waals surface area contributed by atoms with Crippen LogP contribution in [0, 0.1) is 5.82 Å².